The van der Waals surface area contributed by atoms with Crippen molar-refractivity contribution in [2.75, 3.05) is 6.61 Å². The van der Waals surface area contributed by atoms with E-state index in [-0.39, 0.29) is 11.6 Å². The fourth-order valence-corrected chi connectivity index (χ4v) is 3.61. The number of ether oxygens (including phenoxy) is 1. The summed E-state index contributed by atoms with van der Waals surface area (Å²) in [5.41, 5.74) is 3.04. The molecule has 8 nitrogen and oxygen atoms in total. The number of nitrogens with one attached hydrogen (secondary N) is 1. The highest BCUT2D eigenvalue weighted by molar-refractivity contribution is 5.73. The molecule has 1 N–H and O–H groups in total. The molecule has 1 atom stereocenters. The lowest BCUT2D eigenvalue weighted by Gasteiger charge is -2.19. The number of fused-ring (bicyclic) bond motifs is 1. The molecule has 3 aromatic heterocycles. The zero-order valence-corrected chi connectivity index (χ0v) is 18.2. The molecule has 0 spiro atoms. The highest BCUT2D eigenvalue weighted by Gasteiger charge is 2.19. The highest BCUT2D eigenvalue weighted by Crippen LogP contribution is 2.20. The SMILES string of the molecule is CCOc1ccc(-n2c(C(C)NCc3cc(C)nn3C)nc3ncccc3c2=O)cc1. The fourth-order valence-electron chi connectivity index (χ4n) is 3.61. The van der Waals surface area contributed by atoms with E-state index in [0.29, 0.717) is 30.0 Å². The Bertz CT molecular complexity index is 1260. The number of aryl methyl sites for hydroxylation is 2. The number of benzene rings is 1. The molecule has 0 fully saturated rings. The topological polar surface area (TPSA) is 86.9 Å². The smallest absolute Gasteiger partial charge is 0.267 e. The summed E-state index contributed by atoms with van der Waals surface area (Å²) in [5.74, 6) is 1.35. The van der Waals surface area contributed by atoms with Crippen LogP contribution in [-0.2, 0) is 13.6 Å². The third-order valence-corrected chi connectivity index (χ3v) is 5.15. The highest BCUT2D eigenvalue weighted by atomic mass is 16.5. The minimum absolute atomic E-state index is 0.151. The van der Waals surface area contributed by atoms with E-state index in [9.17, 15) is 4.79 Å². The Labute approximate surface area is 180 Å². The number of hydrogen-bond donors (Lipinski definition) is 1. The van der Waals surface area contributed by atoms with Gasteiger partial charge >= 0.3 is 0 Å². The van der Waals surface area contributed by atoms with Crippen LogP contribution in [0.4, 0.5) is 0 Å². The van der Waals surface area contributed by atoms with Crippen molar-refractivity contribution in [2.24, 2.45) is 7.05 Å². The van der Waals surface area contributed by atoms with Gasteiger partial charge in [-0.25, -0.2) is 9.97 Å². The average molecular weight is 419 g/mol. The van der Waals surface area contributed by atoms with Gasteiger partial charge in [-0.1, -0.05) is 0 Å². The number of pyridine rings is 1. The molecular weight excluding hydrogens is 392 g/mol. The van der Waals surface area contributed by atoms with Crippen LogP contribution in [0, 0.1) is 6.92 Å². The van der Waals surface area contributed by atoms with Crippen molar-refractivity contribution in [1.29, 1.82) is 0 Å². The van der Waals surface area contributed by atoms with E-state index in [1.807, 2.05) is 62.8 Å². The first-order valence-electron chi connectivity index (χ1n) is 10.3. The van der Waals surface area contributed by atoms with Gasteiger partial charge in [-0.15, -0.1) is 0 Å². The van der Waals surface area contributed by atoms with Gasteiger partial charge in [0.15, 0.2) is 5.65 Å². The van der Waals surface area contributed by atoms with Crippen LogP contribution in [0.5, 0.6) is 5.75 Å². The van der Waals surface area contributed by atoms with Crippen molar-refractivity contribution in [3.8, 4) is 11.4 Å². The predicted octanol–water partition coefficient (Wildman–Crippen LogP) is 3.07. The van der Waals surface area contributed by atoms with Crippen molar-refractivity contribution in [3.05, 3.63) is 76.2 Å². The molecule has 0 bridgehead atoms. The van der Waals surface area contributed by atoms with Gasteiger partial charge in [-0.3, -0.25) is 14.0 Å². The second-order valence-corrected chi connectivity index (χ2v) is 7.42. The molecule has 0 aliphatic carbocycles. The number of aromatic nitrogens is 5. The Hall–Kier alpha value is -3.52. The van der Waals surface area contributed by atoms with Crippen LogP contribution in [0.15, 0.2) is 53.5 Å². The summed E-state index contributed by atoms with van der Waals surface area (Å²) in [5, 5.41) is 8.34. The molecule has 0 radical (unpaired) electrons. The minimum Gasteiger partial charge on any atom is -0.494 e. The van der Waals surface area contributed by atoms with Crippen molar-refractivity contribution < 1.29 is 4.74 Å². The molecule has 1 unspecified atom stereocenters. The molecule has 0 amide bonds. The van der Waals surface area contributed by atoms with Gasteiger partial charge in [0.05, 0.1) is 35.1 Å². The Kier molecular flexibility index (Phi) is 5.81. The van der Waals surface area contributed by atoms with Crippen molar-refractivity contribution >= 4 is 11.0 Å². The maximum atomic E-state index is 13.4. The van der Waals surface area contributed by atoms with Gasteiger partial charge < -0.3 is 10.1 Å². The van der Waals surface area contributed by atoms with E-state index in [1.54, 1.807) is 22.9 Å². The number of nitrogens with zero attached hydrogens (tertiary/aromatic N) is 5. The van der Waals surface area contributed by atoms with Gasteiger partial charge in [0.2, 0.25) is 0 Å². The monoisotopic (exact) mass is 418 g/mol. The molecule has 31 heavy (non-hydrogen) atoms. The van der Waals surface area contributed by atoms with Crippen LogP contribution < -0.4 is 15.6 Å². The van der Waals surface area contributed by atoms with E-state index >= 15 is 0 Å². The van der Waals surface area contributed by atoms with Gasteiger partial charge in [-0.05, 0) is 63.2 Å². The summed E-state index contributed by atoms with van der Waals surface area (Å²) in [6, 6.07) is 12.8. The Morgan fingerprint density at radius 3 is 2.65 bits per heavy atom. The molecule has 3 heterocycles. The van der Waals surface area contributed by atoms with Crippen LogP contribution in [0.2, 0.25) is 0 Å². The second-order valence-electron chi connectivity index (χ2n) is 7.42. The quantitative estimate of drug-likeness (QED) is 0.496. The van der Waals surface area contributed by atoms with Crippen LogP contribution in [-0.4, -0.2) is 30.9 Å². The van der Waals surface area contributed by atoms with E-state index < -0.39 is 0 Å². The van der Waals surface area contributed by atoms with Crippen molar-refractivity contribution in [2.45, 2.75) is 33.4 Å². The molecule has 0 aliphatic rings. The van der Waals surface area contributed by atoms with E-state index in [2.05, 4.69) is 15.4 Å². The van der Waals surface area contributed by atoms with Crippen LogP contribution in [0.1, 0.15) is 37.1 Å². The van der Waals surface area contributed by atoms with E-state index in [1.165, 1.54) is 0 Å². The third-order valence-electron chi connectivity index (χ3n) is 5.15. The summed E-state index contributed by atoms with van der Waals surface area (Å²) in [6.07, 6.45) is 1.65. The predicted molar refractivity (Wildman–Crippen MR) is 120 cm³/mol. The first kappa shape index (κ1) is 20.7. The molecular formula is C23H26N6O2. The zero-order chi connectivity index (χ0) is 22.0. The molecule has 4 aromatic rings. The summed E-state index contributed by atoms with van der Waals surface area (Å²) >= 11 is 0. The molecule has 0 aliphatic heterocycles. The molecule has 4 rings (SSSR count). The lowest BCUT2D eigenvalue weighted by Crippen LogP contribution is -2.30. The maximum absolute atomic E-state index is 13.4. The molecule has 0 saturated heterocycles. The van der Waals surface area contributed by atoms with Crippen LogP contribution >= 0.6 is 0 Å². The minimum atomic E-state index is -0.208. The molecule has 0 saturated carbocycles. The summed E-state index contributed by atoms with van der Waals surface area (Å²) in [7, 11) is 1.92. The van der Waals surface area contributed by atoms with Gasteiger partial charge in [0.25, 0.3) is 5.56 Å². The standard InChI is InChI=1S/C23H26N6O2/c1-5-31-19-10-8-17(9-11-19)29-22(26-21-20(23(29)30)7-6-12-24-21)16(3)25-14-18-13-15(2)27-28(18)4/h6-13,16,25H,5,14H2,1-4H3. The van der Waals surface area contributed by atoms with Crippen molar-refractivity contribution in [1.82, 2.24) is 29.6 Å². The Morgan fingerprint density at radius 2 is 1.97 bits per heavy atom. The summed E-state index contributed by atoms with van der Waals surface area (Å²) in [6.45, 7) is 7.08. The Balaban J connectivity index is 1.76. The van der Waals surface area contributed by atoms with Crippen LogP contribution in [0.25, 0.3) is 16.7 Å². The normalized spacial score (nSPS) is 12.3. The number of hydrogen-bond acceptors (Lipinski definition) is 6. The largest absolute Gasteiger partial charge is 0.494 e. The second kappa shape index (κ2) is 8.69. The summed E-state index contributed by atoms with van der Waals surface area (Å²) in [4.78, 5) is 22.5. The van der Waals surface area contributed by atoms with E-state index in [0.717, 1.165) is 22.8 Å². The van der Waals surface area contributed by atoms with E-state index in [4.69, 9.17) is 9.72 Å². The lowest BCUT2D eigenvalue weighted by atomic mass is 10.2. The van der Waals surface area contributed by atoms with Gasteiger partial charge in [0.1, 0.15) is 11.6 Å². The molecule has 8 heteroatoms. The number of rotatable bonds is 7. The van der Waals surface area contributed by atoms with Crippen molar-refractivity contribution in [3.63, 3.8) is 0 Å². The zero-order valence-electron chi connectivity index (χ0n) is 18.2. The molecule has 160 valence electrons. The Morgan fingerprint density at radius 1 is 1.19 bits per heavy atom. The fraction of sp³-hybridized carbons (Fsp3) is 0.304. The molecule has 1 aromatic carbocycles. The summed E-state index contributed by atoms with van der Waals surface area (Å²) < 4.78 is 9.04. The lowest BCUT2D eigenvalue weighted by molar-refractivity contribution is 0.340. The van der Waals surface area contributed by atoms with Gasteiger partial charge in [0, 0.05) is 19.8 Å². The van der Waals surface area contributed by atoms with Gasteiger partial charge in [-0.2, -0.15) is 5.10 Å². The third kappa shape index (κ3) is 4.20. The maximum Gasteiger partial charge on any atom is 0.267 e. The first-order chi connectivity index (χ1) is 15.0. The average Bonchev–Trinajstić information content (AvgIpc) is 3.10. The first-order valence-corrected chi connectivity index (χ1v) is 10.3. The van der Waals surface area contributed by atoms with Crippen LogP contribution in [0.3, 0.4) is 0 Å².